The van der Waals surface area contributed by atoms with Gasteiger partial charge in [0, 0.05) is 19.3 Å². The third-order valence-corrected chi connectivity index (χ3v) is 11.3. The van der Waals surface area contributed by atoms with Crippen LogP contribution < -0.4 is 0 Å². The quantitative estimate of drug-likeness (QED) is 0.0263. The normalized spacial score (nSPS) is 12.4. The van der Waals surface area contributed by atoms with E-state index in [2.05, 4.69) is 63.3 Å². The standard InChI is InChI=1S/C55H98O6/c1-4-7-10-13-16-19-22-25-27-28-31-33-36-39-42-45-48-54(57)60-51-52(50-59-53(56)47-44-41-38-35-32-29-24-21-18-15-12-9-6-3)61-55(58)49-46-43-40-37-34-30-26-23-20-17-14-11-8-5-2/h27-30,32,34,38,41,52H,4-26,31,33,35-37,39-40,42-51H2,1-3H3/b28-27+,32-29+,34-30+,41-38+. The van der Waals surface area contributed by atoms with Crippen molar-refractivity contribution in [2.45, 2.75) is 271 Å². The van der Waals surface area contributed by atoms with E-state index in [1.54, 1.807) is 0 Å². The number of allylic oxidation sites excluding steroid dienone is 8. The van der Waals surface area contributed by atoms with Crippen molar-refractivity contribution < 1.29 is 28.6 Å². The van der Waals surface area contributed by atoms with Gasteiger partial charge in [-0.25, -0.2) is 0 Å². The zero-order valence-corrected chi connectivity index (χ0v) is 40.4. The van der Waals surface area contributed by atoms with Gasteiger partial charge in [0.05, 0.1) is 0 Å². The van der Waals surface area contributed by atoms with Crippen LogP contribution in [0.25, 0.3) is 0 Å². The maximum Gasteiger partial charge on any atom is 0.306 e. The Morgan fingerprint density at radius 3 is 1.03 bits per heavy atom. The van der Waals surface area contributed by atoms with Gasteiger partial charge in [0.2, 0.25) is 0 Å². The number of rotatable bonds is 47. The van der Waals surface area contributed by atoms with Gasteiger partial charge in [0.1, 0.15) is 13.2 Å². The summed E-state index contributed by atoms with van der Waals surface area (Å²) in [4.78, 5) is 37.9. The van der Waals surface area contributed by atoms with E-state index in [1.165, 1.54) is 148 Å². The molecule has 0 saturated carbocycles. The second-order valence-electron chi connectivity index (χ2n) is 17.4. The van der Waals surface area contributed by atoms with E-state index in [-0.39, 0.29) is 37.5 Å². The molecule has 1 atom stereocenters. The van der Waals surface area contributed by atoms with Crippen LogP contribution in [0.1, 0.15) is 265 Å². The molecule has 0 aliphatic heterocycles. The van der Waals surface area contributed by atoms with Crippen LogP contribution in [-0.2, 0) is 28.6 Å². The number of hydrogen-bond donors (Lipinski definition) is 0. The maximum absolute atomic E-state index is 12.8. The van der Waals surface area contributed by atoms with Crippen LogP contribution in [0.15, 0.2) is 48.6 Å². The first-order valence-corrected chi connectivity index (χ1v) is 26.1. The summed E-state index contributed by atoms with van der Waals surface area (Å²) in [5, 5.41) is 0. The smallest absolute Gasteiger partial charge is 0.306 e. The van der Waals surface area contributed by atoms with Crippen LogP contribution in [0.2, 0.25) is 0 Å². The first kappa shape index (κ1) is 58.4. The minimum atomic E-state index is -0.804. The number of hydrogen-bond acceptors (Lipinski definition) is 6. The Kier molecular flexibility index (Phi) is 47.9. The lowest BCUT2D eigenvalue weighted by Gasteiger charge is -2.18. The van der Waals surface area contributed by atoms with Crippen molar-refractivity contribution in [3.05, 3.63) is 48.6 Å². The van der Waals surface area contributed by atoms with E-state index in [1.807, 2.05) is 6.08 Å². The zero-order chi connectivity index (χ0) is 44.4. The monoisotopic (exact) mass is 855 g/mol. The van der Waals surface area contributed by atoms with E-state index in [9.17, 15) is 14.4 Å². The second-order valence-corrected chi connectivity index (χ2v) is 17.4. The molecule has 0 aromatic heterocycles. The van der Waals surface area contributed by atoms with Crippen LogP contribution in [0.3, 0.4) is 0 Å². The molecular formula is C55H98O6. The fourth-order valence-electron chi connectivity index (χ4n) is 7.31. The summed E-state index contributed by atoms with van der Waals surface area (Å²) in [5.74, 6) is -0.988. The summed E-state index contributed by atoms with van der Waals surface area (Å²) < 4.78 is 16.7. The van der Waals surface area contributed by atoms with Gasteiger partial charge in [-0.2, -0.15) is 0 Å². The van der Waals surface area contributed by atoms with Crippen LogP contribution in [0, 0.1) is 0 Å². The molecule has 0 bridgehead atoms. The van der Waals surface area contributed by atoms with Crippen molar-refractivity contribution in [3.8, 4) is 0 Å². The fourth-order valence-corrected chi connectivity index (χ4v) is 7.31. The zero-order valence-electron chi connectivity index (χ0n) is 40.4. The fraction of sp³-hybridized carbons (Fsp3) is 0.800. The maximum atomic E-state index is 12.8. The summed E-state index contributed by atoms with van der Waals surface area (Å²) in [6.07, 6.45) is 59.6. The molecule has 354 valence electrons. The first-order valence-electron chi connectivity index (χ1n) is 26.1. The van der Waals surface area contributed by atoms with Crippen molar-refractivity contribution in [2.24, 2.45) is 0 Å². The molecule has 0 heterocycles. The molecule has 0 aromatic carbocycles. The average Bonchev–Trinajstić information content (AvgIpc) is 3.26. The van der Waals surface area contributed by atoms with E-state index in [0.29, 0.717) is 19.3 Å². The lowest BCUT2D eigenvalue weighted by Crippen LogP contribution is -2.30. The minimum absolute atomic E-state index is 0.0996. The number of unbranched alkanes of at least 4 members (excludes halogenated alkanes) is 28. The number of esters is 3. The molecule has 6 heteroatoms. The van der Waals surface area contributed by atoms with Crippen LogP contribution in [-0.4, -0.2) is 37.2 Å². The molecule has 0 aliphatic rings. The molecule has 0 N–H and O–H groups in total. The third-order valence-electron chi connectivity index (χ3n) is 11.3. The molecule has 0 fully saturated rings. The number of ether oxygens (including phenoxy) is 3. The topological polar surface area (TPSA) is 78.9 Å². The Morgan fingerprint density at radius 1 is 0.328 bits per heavy atom. The molecular weight excluding hydrogens is 757 g/mol. The number of carbonyl (C=O) groups is 3. The highest BCUT2D eigenvalue weighted by Crippen LogP contribution is 2.14. The van der Waals surface area contributed by atoms with Gasteiger partial charge in [0.15, 0.2) is 6.10 Å². The highest BCUT2D eigenvalue weighted by atomic mass is 16.6. The summed E-state index contributed by atoms with van der Waals surface area (Å²) in [7, 11) is 0. The molecule has 0 radical (unpaired) electrons. The Labute approximate surface area is 378 Å². The van der Waals surface area contributed by atoms with Crippen LogP contribution >= 0.6 is 0 Å². The Balaban J connectivity index is 4.45. The lowest BCUT2D eigenvalue weighted by atomic mass is 10.1. The Bertz CT molecular complexity index is 1070. The van der Waals surface area contributed by atoms with Crippen molar-refractivity contribution in [1.82, 2.24) is 0 Å². The van der Waals surface area contributed by atoms with E-state index < -0.39 is 6.10 Å². The van der Waals surface area contributed by atoms with Gasteiger partial charge < -0.3 is 14.2 Å². The van der Waals surface area contributed by atoms with E-state index in [4.69, 9.17) is 14.2 Å². The first-order chi connectivity index (χ1) is 30.0. The SMILES string of the molecule is CCCCCCCC/C=C/C/C=C/CCC(=O)OCC(COC(=O)CCCCCCC/C=C/CCCCCCCCC)OC(=O)CCCCC/C=C/CCCCCCCCC. The van der Waals surface area contributed by atoms with Gasteiger partial charge in [-0.05, 0) is 89.9 Å². The molecule has 0 aromatic rings. The molecule has 0 spiro atoms. The van der Waals surface area contributed by atoms with Gasteiger partial charge in [-0.15, -0.1) is 0 Å². The van der Waals surface area contributed by atoms with Crippen LogP contribution in [0.4, 0.5) is 0 Å². The summed E-state index contributed by atoms with van der Waals surface area (Å²) in [6.45, 7) is 6.56. The second kappa shape index (κ2) is 50.0. The molecule has 61 heavy (non-hydrogen) atoms. The van der Waals surface area contributed by atoms with Crippen molar-refractivity contribution in [1.29, 1.82) is 0 Å². The minimum Gasteiger partial charge on any atom is -0.462 e. The van der Waals surface area contributed by atoms with Crippen molar-refractivity contribution in [3.63, 3.8) is 0 Å². The molecule has 0 saturated heterocycles. The molecule has 6 nitrogen and oxygen atoms in total. The molecule has 0 rings (SSSR count). The van der Waals surface area contributed by atoms with Gasteiger partial charge >= 0.3 is 17.9 Å². The van der Waals surface area contributed by atoms with Crippen molar-refractivity contribution in [2.75, 3.05) is 13.2 Å². The summed E-state index contributed by atoms with van der Waals surface area (Å²) in [5.41, 5.74) is 0. The third kappa shape index (κ3) is 48.3. The molecule has 1 unspecified atom stereocenters. The Morgan fingerprint density at radius 2 is 0.623 bits per heavy atom. The number of carbonyl (C=O) groups excluding carboxylic acids is 3. The largest absolute Gasteiger partial charge is 0.462 e. The Hall–Kier alpha value is -2.63. The van der Waals surface area contributed by atoms with Gasteiger partial charge in [-0.3, -0.25) is 14.4 Å². The predicted molar refractivity (Wildman–Crippen MR) is 261 cm³/mol. The van der Waals surface area contributed by atoms with Gasteiger partial charge in [-0.1, -0.05) is 204 Å². The molecule has 0 amide bonds. The van der Waals surface area contributed by atoms with E-state index >= 15 is 0 Å². The van der Waals surface area contributed by atoms with Gasteiger partial charge in [0.25, 0.3) is 0 Å². The van der Waals surface area contributed by atoms with Crippen molar-refractivity contribution >= 4 is 17.9 Å². The highest BCUT2D eigenvalue weighted by Gasteiger charge is 2.19. The predicted octanol–water partition coefficient (Wildman–Crippen LogP) is 17.1. The average molecular weight is 855 g/mol. The van der Waals surface area contributed by atoms with E-state index in [0.717, 1.165) is 70.6 Å². The van der Waals surface area contributed by atoms with Crippen LogP contribution in [0.5, 0.6) is 0 Å². The highest BCUT2D eigenvalue weighted by molar-refractivity contribution is 5.71. The molecule has 0 aliphatic carbocycles. The summed E-state index contributed by atoms with van der Waals surface area (Å²) >= 11 is 0. The summed E-state index contributed by atoms with van der Waals surface area (Å²) in [6, 6.07) is 0. The lowest BCUT2D eigenvalue weighted by molar-refractivity contribution is -0.166.